The quantitative estimate of drug-likeness (QED) is 0.142. The fourth-order valence-electron chi connectivity index (χ4n) is 4.00. The summed E-state index contributed by atoms with van der Waals surface area (Å²) >= 11 is 1.56. The SMILES string of the molecule is Nc1ccc2c(c1)c(-c1ccccc1)[n+](CCCSCC(N)C(=O)O)c1cc(N)ccc21. The Labute approximate surface area is 191 Å². The molecule has 164 valence electrons. The molecule has 3 aromatic carbocycles. The molecule has 1 unspecified atom stereocenters. The maximum Gasteiger partial charge on any atom is 0.321 e. The molecule has 1 heterocycles. The lowest BCUT2D eigenvalue weighted by atomic mass is 9.98. The van der Waals surface area contributed by atoms with Crippen molar-refractivity contribution in [2.75, 3.05) is 23.0 Å². The first-order valence-corrected chi connectivity index (χ1v) is 11.7. The van der Waals surface area contributed by atoms with Gasteiger partial charge in [-0.2, -0.15) is 16.3 Å². The van der Waals surface area contributed by atoms with Gasteiger partial charge in [-0.3, -0.25) is 4.79 Å². The van der Waals surface area contributed by atoms with Gasteiger partial charge in [0, 0.05) is 40.6 Å². The molecule has 1 aromatic heterocycles. The zero-order chi connectivity index (χ0) is 22.7. The van der Waals surface area contributed by atoms with E-state index in [2.05, 4.69) is 28.8 Å². The van der Waals surface area contributed by atoms with Crippen LogP contribution in [0.2, 0.25) is 0 Å². The largest absolute Gasteiger partial charge is 0.480 e. The number of fused-ring (bicyclic) bond motifs is 3. The molecule has 4 rings (SSSR count). The Hall–Kier alpha value is -3.29. The number of benzene rings is 3. The van der Waals surface area contributed by atoms with Crippen molar-refractivity contribution >= 4 is 50.8 Å². The van der Waals surface area contributed by atoms with E-state index in [9.17, 15) is 4.79 Å². The summed E-state index contributed by atoms with van der Waals surface area (Å²) in [6.45, 7) is 0.754. The van der Waals surface area contributed by atoms with Gasteiger partial charge in [0.1, 0.15) is 6.04 Å². The van der Waals surface area contributed by atoms with E-state index in [1.807, 2.05) is 42.5 Å². The Kier molecular flexibility index (Phi) is 6.48. The lowest BCUT2D eigenvalue weighted by molar-refractivity contribution is -0.659. The predicted molar refractivity (Wildman–Crippen MR) is 133 cm³/mol. The van der Waals surface area contributed by atoms with Crippen molar-refractivity contribution < 1.29 is 14.5 Å². The van der Waals surface area contributed by atoms with Crippen LogP contribution in [0.3, 0.4) is 0 Å². The van der Waals surface area contributed by atoms with Crippen LogP contribution in [0.1, 0.15) is 6.42 Å². The van der Waals surface area contributed by atoms with Crippen LogP contribution in [0.5, 0.6) is 0 Å². The molecule has 7 heteroatoms. The van der Waals surface area contributed by atoms with Crippen LogP contribution in [0, 0.1) is 0 Å². The van der Waals surface area contributed by atoms with E-state index < -0.39 is 12.0 Å². The minimum atomic E-state index is -0.966. The van der Waals surface area contributed by atoms with Gasteiger partial charge in [-0.1, -0.05) is 24.3 Å². The first-order chi connectivity index (χ1) is 15.5. The molecule has 1 atom stereocenters. The van der Waals surface area contributed by atoms with Gasteiger partial charge >= 0.3 is 5.97 Å². The molecular formula is C25H27N4O2S+. The van der Waals surface area contributed by atoms with E-state index in [-0.39, 0.29) is 0 Å². The number of carboxylic acid groups (broad SMARTS) is 1. The van der Waals surface area contributed by atoms with Crippen LogP contribution < -0.4 is 21.8 Å². The molecule has 0 aliphatic rings. The summed E-state index contributed by atoms with van der Waals surface area (Å²) in [6.07, 6.45) is 0.860. The fourth-order valence-corrected chi connectivity index (χ4v) is 4.90. The number of aryl methyl sites for hydroxylation is 1. The number of carbonyl (C=O) groups is 1. The Morgan fingerprint density at radius 3 is 2.34 bits per heavy atom. The second kappa shape index (κ2) is 9.46. The molecule has 4 aromatic rings. The van der Waals surface area contributed by atoms with E-state index >= 15 is 0 Å². The number of hydrogen-bond donors (Lipinski definition) is 4. The highest BCUT2D eigenvalue weighted by Gasteiger charge is 2.23. The third-order valence-corrected chi connectivity index (χ3v) is 6.68. The summed E-state index contributed by atoms with van der Waals surface area (Å²) in [5, 5.41) is 12.3. The number of rotatable bonds is 8. The average molecular weight is 448 g/mol. The first-order valence-electron chi connectivity index (χ1n) is 10.5. The number of anilines is 2. The Morgan fingerprint density at radius 2 is 1.62 bits per heavy atom. The smallest absolute Gasteiger partial charge is 0.321 e. The molecule has 0 saturated heterocycles. The topological polar surface area (TPSA) is 119 Å². The van der Waals surface area contributed by atoms with Gasteiger partial charge in [0.25, 0.3) is 0 Å². The number of aromatic nitrogens is 1. The zero-order valence-corrected chi connectivity index (χ0v) is 18.5. The minimum Gasteiger partial charge on any atom is -0.480 e. The summed E-state index contributed by atoms with van der Waals surface area (Å²) < 4.78 is 2.31. The Morgan fingerprint density at radius 1 is 0.938 bits per heavy atom. The number of nitrogens with two attached hydrogens (primary N) is 3. The van der Waals surface area contributed by atoms with Crippen molar-refractivity contribution in [2.45, 2.75) is 19.0 Å². The number of hydrogen-bond acceptors (Lipinski definition) is 5. The molecule has 7 N–H and O–H groups in total. The highest BCUT2D eigenvalue weighted by molar-refractivity contribution is 7.99. The summed E-state index contributed by atoms with van der Waals surface area (Å²) in [7, 11) is 0. The van der Waals surface area contributed by atoms with Crippen molar-refractivity contribution in [1.29, 1.82) is 0 Å². The number of aliphatic carboxylic acids is 1. The molecule has 0 bridgehead atoms. The van der Waals surface area contributed by atoms with Crippen molar-refractivity contribution in [2.24, 2.45) is 5.73 Å². The van der Waals surface area contributed by atoms with E-state index in [1.165, 1.54) is 0 Å². The van der Waals surface area contributed by atoms with Gasteiger partial charge in [-0.25, -0.2) is 0 Å². The van der Waals surface area contributed by atoms with Crippen LogP contribution >= 0.6 is 11.8 Å². The average Bonchev–Trinajstić information content (AvgIpc) is 2.78. The highest BCUT2D eigenvalue weighted by Crippen LogP contribution is 2.33. The highest BCUT2D eigenvalue weighted by atomic mass is 32.2. The van der Waals surface area contributed by atoms with Crippen LogP contribution in [0.4, 0.5) is 11.4 Å². The molecule has 0 amide bonds. The van der Waals surface area contributed by atoms with Gasteiger partial charge in [0.2, 0.25) is 11.2 Å². The summed E-state index contributed by atoms with van der Waals surface area (Å²) in [5.74, 6) is 0.237. The number of nitrogen functional groups attached to an aromatic ring is 2. The molecule has 0 spiro atoms. The van der Waals surface area contributed by atoms with E-state index in [0.717, 1.165) is 51.7 Å². The minimum absolute atomic E-state index is 0.396. The van der Waals surface area contributed by atoms with Crippen LogP contribution in [0.15, 0.2) is 66.7 Å². The normalized spacial score (nSPS) is 12.3. The maximum atomic E-state index is 11.0. The third-order valence-electron chi connectivity index (χ3n) is 5.50. The van der Waals surface area contributed by atoms with E-state index in [1.54, 1.807) is 11.8 Å². The summed E-state index contributed by atoms with van der Waals surface area (Å²) in [4.78, 5) is 11.0. The molecule has 32 heavy (non-hydrogen) atoms. The number of pyridine rings is 1. The molecule has 0 aliphatic carbocycles. The number of nitrogens with zero attached hydrogens (tertiary/aromatic N) is 1. The Balaban J connectivity index is 1.81. The maximum absolute atomic E-state index is 11.0. The zero-order valence-electron chi connectivity index (χ0n) is 17.7. The predicted octanol–water partition coefficient (Wildman–Crippen LogP) is 3.65. The van der Waals surface area contributed by atoms with Gasteiger partial charge in [-0.05, 0) is 42.2 Å². The molecular weight excluding hydrogens is 420 g/mol. The fraction of sp³-hybridized carbons (Fsp3) is 0.200. The lowest BCUT2D eigenvalue weighted by Crippen LogP contribution is -2.38. The summed E-state index contributed by atoms with van der Waals surface area (Å²) in [6, 6.07) is 21.5. The Bertz CT molecular complexity index is 1280. The van der Waals surface area contributed by atoms with Crippen molar-refractivity contribution in [1.82, 2.24) is 0 Å². The van der Waals surface area contributed by atoms with Crippen LogP contribution in [0.25, 0.3) is 32.9 Å². The molecule has 0 saturated carbocycles. The first kappa shape index (κ1) is 21.9. The monoisotopic (exact) mass is 447 g/mol. The molecule has 0 fully saturated rings. The molecule has 6 nitrogen and oxygen atoms in total. The van der Waals surface area contributed by atoms with E-state index in [0.29, 0.717) is 17.1 Å². The van der Waals surface area contributed by atoms with Gasteiger partial charge in [0.05, 0.1) is 10.8 Å². The van der Waals surface area contributed by atoms with Gasteiger partial charge in [0.15, 0.2) is 6.54 Å². The van der Waals surface area contributed by atoms with Crippen LogP contribution in [-0.2, 0) is 11.3 Å². The van der Waals surface area contributed by atoms with Gasteiger partial charge < -0.3 is 22.3 Å². The second-order valence-corrected chi connectivity index (χ2v) is 8.97. The second-order valence-electron chi connectivity index (χ2n) is 7.82. The third kappa shape index (κ3) is 4.49. The number of carboxylic acids is 1. The lowest BCUT2D eigenvalue weighted by Gasteiger charge is -2.13. The summed E-state index contributed by atoms with van der Waals surface area (Å²) in [5.41, 5.74) is 22.7. The number of thioether (sulfide) groups is 1. The molecule has 0 radical (unpaired) electrons. The van der Waals surface area contributed by atoms with Crippen molar-refractivity contribution in [3.63, 3.8) is 0 Å². The van der Waals surface area contributed by atoms with E-state index in [4.69, 9.17) is 22.3 Å². The molecule has 0 aliphatic heterocycles. The van der Waals surface area contributed by atoms with Crippen LogP contribution in [-0.4, -0.2) is 28.6 Å². The van der Waals surface area contributed by atoms with Crippen molar-refractivity contribution in [3.8, 4) is 11.3 Å². The van der Waals surface area contributed by atoms with Crippen molar-refractivity contribution in [3.05, 3.63) is 66.7 Å². The van der Waals surface area contributed by atoms with Gasteiger partial charge in [-0.15, -0.1) is 0 Å². The standard InChI is InChI=1S/C25H26N4O2S/c26-17-7-9-19-20-10-8-18(27)14-23(20)29(11-4-12-32-15-22(28)25(30)31)24(21(19)13-17)16-5-2-1-3-6-16/h1-3,5-10,13-14,22,27H,4,11-12,15,26,28H2,(H,30,31)/p+1.